The molecule has 0 aromatic carbocycles. The smallest absolute Gasteiger partial charge is 0.123 e. The molecule has 0 N–H and O–H groups in total. The van der Waals surface area contributed by atoms with Gasteiger partial charge in [0, 0.05) is 19.0 Å². The molecule has 3 heteroatoms. The fraction of sp³-hybridized carbons (Fsp3) is 0.950. The van der Waals surface area contributed by atoms with Crippen molar-refractivity contribution in [3.8, 4) is 0 Å². The van der Waals surface area contributed by atoms with Gasteiger partial charge in [0.25, 0.3) is 0 Å². The number of piperidine rings is 1. The van der Waals surface area contributed by atoms with Gasteiger partial charge in [-0.05, 0) is 51.5 Å². The Kier molecular flexibility index (Phi) is 11.8. The topological polar surface area (TPSA) is 20.3 Å². The van der Waals surface area contributed by atoms with E-state index in [9.17, 15) is 9.18 Å². The fourth-order valence-electron chi connectivity index (χ4n) is 3.45. The quantitative estimate of drug-likeness (QED) is 0.492. The number of carbonyl (C=O) groups excluding carboxylic acids is 1. The summed E-state index contributed by atoms with van der Waals surface area (Å²) >= 11 is 0. The molecule has 0 radical (unpaired) electrons. The lowest BCUT2D eigenvalue weighted by Crippen LogP contribution is -2.37. The van der Waals surface area contributed by atoms with E-state index < -0.39 is 5.67 Å². The molecule has 23 heavy (non-hydrogen) atoms. The van der Waals surface area contributed by atoms with Gasteiger partial charge in [0.15, 0.2) is 0 Å². The zero-order valence-electron chi connectivity index (χ0n) is 16.4. The number of carbonyl (C=O) groups is 1. The Morgan fingerprint density at radius 1 is 1.09 bits per heavy atom. The van der Waals surface area contributed by atoms with Crippen LogP contribution in [-0.2, 0) is 4.79 Å². The minimum absolute atomic E-state index is 0.354. The van der Waals surface area contributed by atoms with Gasteiger partial charge in [0.1, 0.15) is 12.0 Å². The van der Waals surface area contributed by atoms with E-state index in [-0.39, 0.29) is 0 Å². The number of hydrogen-bond donors (Lipinski definition) is 0. The zero-order chi connectivity index (χ0) is 17.9. The number of alkyl halides is 1. The molecule has 1 aliphatic carbocycles. The number of nitrogens with zero attached hydrogens (tertiary/aromatic N) is 1. The number of rotatable bonds is 2. The highest BCUT2D eigenvalue weighted by atomic mass is 19.1. The summed E-state index contributed by atoms with van der Waals surface area (Å²) in [5, 5.41) is 0. The Labute approximate surface area is 144 Å². The Morgan fingerprint density at radius 2 is 1.61 bits per heavy atom. The normalized spacial score (nSPS) is 27.8. The van der Waals surface area contributed by atoms with Crippen LogP contribution in [0.1, 0.15) is 79.6 Å². The van der Waals surface area contributed by atoms with E-state index in [1.54, 1.807) is 6.92 Å². The van der Waals surface area contributed by atoms with Gasteiger partial charge in [-0.3, -0.25) is 0 Å². The third-order valence-electron chi connectivity index (χ3n) is 5.19. The first kappa shape index (κ1) is 22.6. The summed E-state index contributed by atoms with van der Waals surface area (Å²) in [7, 11) is 2.04. The zero-order valence-corrected chi connectivity index (χ0v) is 16.4. The number of aldehydes is 1. The van der Waals surface area contributed by atoms with E-state index >= 15 is 0 Å². The van der Waals surface area contributed by atoms with Crippen molar-refractivity contribution in [1.29, 1.82) is 0 Å². The molecule has 2 atom stereocenters. The lowest BCUT2D eigenvalue weighted by molar-refractivity contribution is -0.113. The molecule has 2 aliphatic rings. The second-order valence-corrected chi connectivity index (χ2v) is 7.56. The van der Waals surface area contributed by atoms with Crippen LogP contribution in [0.4, 0.5) is 4.39 Å². The van der Waals surface area contributed by atoms with Gasteiger partial charge in [0.05, 0.1) is 0 Å². The van der Waals surface area contributed by atoms with E-state index in [1.807, 2.05) is 20.9 Å². The summed E-state index contributed by atoms with van der Waals surface area (Å²) in [6.07, 6.45) is 8.89. The van der Waals surface area contributed by atoms with Crippen molar-refractivity contribution in [2.75, 3.05) is 20.1 Å². The predicted molar refractivity (Wildman–Crippen MR) is 98.6 cm³/mol. The van der Waals surface area contributed by atoms with Gasteiger partial charge in [-0.15, -0.1) is 0 Å². The van der Waals surface area contributed by atoms with Gasteiger partial charge in [-0.1, -0.05) is 47.0 Å². The average Bonchev–Trinajstić information content (AvgIpc) is 2.78. The van der Waals surface area contributed by atoms with E-state index in [0.29, 0.717) is 30.6 Å². The van der Waals surface area contributed by atoms with E-state index in [1.165, 1.54) is 32.0 Å². The van der Waals surface area contributed by atoms with Gasteiger partial charge in [-0.2, -0.15) is 0 Å². The largest absolute Gasteiger partial charge is 0.306 e. The van der Waals surface area contributed by atoms with Crippen LogP contribution < -0.4 is 0 Å². The van der Waals surface area contributed by atoms with Crippen molar-refractivity contribution in [1.82, 2.24) is 4.90 Å². The predicted octanol–water partition coefficient (Wildman–Crippen LogP) is 5.50. The summed E-state index contributed by atoms with van der Waals surface area (Å²) < 4.78 is 13.0. The van der Waals surface area contributed by atoms with Crippen molar-refractivity contribution >= 4 is 6.29 Å². The Morgan fingerprint density at radius 3 is 2.04 bits per heavy atom. The Hall–Kier alpha value is -0.440. The van der Waals surface area contributed by atoms with Crippen molar-refractivity contribution < 1.29 is 9.18 Å². The van der Waals surface area contributed by atoms with Crippen LogP contribution >= 0.6 is 0 Å². The first-order valence-corrected chi connectivity index (χ1v) is 9.68. The molecule has 2 fully saturated rings. The van der Waals surface area contributed by atoms with Crippen LogP contribution in [-0.4, -0.2) is 37.0 Å². The maximum atomic E-state index is 13.0. The molecule has 1 aliphatic heterocycles. The minimum atomic E-state index is -0.882. The van der Waals surface area contributed by atoms with Crippen molar-refractivity contribution in [2.24, 2.45) is 17.8 Å². The van der Waals surface area contributed by atoms with Crippen molar-refractivity contribution in [2.45, 2.75) is 85.2 Å². The van der Waals surface area contributed by atoms with Crippen LogP contribution in [0.2, 0.25) is 0 Å². The number of likely N-dealkylation sites (tertiary alicyclic amines) is 1. The molecular formula is C20H40FNO. The molecule has 1 saturated carbocycles. The van der Waals surface area contributed by atoms with Crippen LogP contribution in [0.5, 0.6) is 0 Å². The molecule has 0 spiro atoms. The molecule has 2 unspecified atom stereocenters. The van der Waals surface area contributed by atoms with E-state index in [0.717, 1.165) is 19.5 Å². The number of halogens is 1. The van der Waals surface area contributed by atoms with Gasteiger partial charge in [0.2, 0.25) is 0 Å². The maximum absolute atomic E-state index is 13.0. The number of hydrogen-bond acceptors (Lipinski definition) is 2. The third-order valence-corrected chi connectivity index (χ3v) is 5.19. The van der Waals surface area contributed by atoms with Crippen LogP contribution in [0, 0.1) is 17.8 Å². The monoisotopic (exact) mass is 329 g/mol. The lowest BCUT2D eigenvalue weighted by Gasteiger charge is -2.31. The van der Waals surface area contributed by atoms with E-state index in [2.05, 4.69) is 18.7 Å². The second-order valence-electron chi connectivity index (χ2n) is 7.56. The highest BCUT2D eigenvalue weighted by molar-refractivity contribution is 5.54. The molecule has 0 amide bonds. The standard InChI is InChI=1S/C11H20O.C7H14FN.C2H6/c1-9(2)11-7-5-3-4-6-10(11)8-12;1-7(8)3-5-9(2)6-4-7;1-2/h8-11H,3-7H2,1-2H3;3-6H2,1-2H3;1-2H3. The van der Waals surface area contributed by atoms with Gasteiger partial charge in [-0.25, -0.2) is 4.39 Å². The second kappa shape index (κ2) is 12.0. The SMILES string of the molecule is CC.CC(C)C1CCCCCC1C=O.CN1CCC(C)(F)CC1. The summed E-state index contributed by atoms with van der Waals surface area (Å²) in [6.45, 7) is 12.0. The minimum Gasteiger partial charge on any atom is -0.306 e. The summed E-state index contributed by atoms with van der Waals surface area (Å²) in [5.74, 6) is 1.69. The van der Waals surface area contributed by atoms with Crippen molar-refractivity contribution in [3.05, 3.63) is 0 Å². The first-order chi connectivity index (χ1) is 10.9. The maximum Gasteiger partial charge on any atom is 0.123 e. The molecule has 138 valence electrons. The summed E-state index contributed by atoms with van der Waals surface area (Å²) in [4.78, 5) is 13.0. The van der Waals surface area contributed by atoms with Crippen molar-refractivity contribution in [3.63, 3.8) is 0 Å². The third kappa shape index (κ3) is 9.44. The van der Waals surface area contributed by atoms with Gasteiger partial charge >= 0.3 is 0 Å². The molecule has 1 heterocycles. The molecule has 0 aromatic heterocycles. The Bertz CT molecular complexity index is 294. The molecule has 1 saturated heterocycles. The van der Waals surface area contributed by atoms with Crippen LogP contribution in [0.15, 0.2) is 0 Å². The molecular weight excluding hydrogens is 289 g/mol. The van der Waals surface area contributed by atoms with Crippen LogP contribution in [0.25, 0.3) is 0 Å². The summed E-state index contributed by atoms with van der Waals surface area (Å²) in [5.41, 5.74) is -0.882. The van der Waals surface area contributed by atoms with Gasteiger partial charge < -0.3 is 9.69 Å². The highest BCUT2D eigenvalue weighted by Crippen LogP contribution is 2.32. The molecule has 0 aromatic rings. The lowest BCUT2D eigenvalue weighted by atomic mass is 9.81. The summed E-state index contributed by atoms with van der Waals surface area (Å²) in [6, 6.07) is 0. The fourth-order valence-corrected chi connectivity index (χ4v) is 3.45. The molecule has 2 nitrogen and oxygen atoms in total. The molecule has 0 bridgehead atoms. The highest BCUT2D eigenvalue weighted by Gasteiger charge is 2.27. The van der Waals surface area contributed by atoms with E-state index in [4.69, 9.17) is 0 Å². The molecule has 2 rings (SSSR count). The average molecular weight is 330 g/mol. The van der Waals surface area contributed by atoms with Crippen LogP contribution in [0.3, 0.4) is 0 Å². The Balaban J connectivity index is 0.000000392. The first-order valence-electron chi connectivity index (χ1n) is 9.68.